The number of hydrogen-bond donors (Lipinski definition) is 0. The summed E-state index contributed by atoms with van der Waals surface area (Å²) in [6.07, 6.45) is -9.51. The summed E-state index contributed by atoms with van der Waals surface area (Å²) in [6, 6.07) is 0. The van der Waals surface area contributed by atoms with Gasteiger partial charge in [-0.1, -0.05) is 0 Å². The lowest BCUT2D eigenvalue weighted by Gasteiger charge is -2.16. The number of halogens is 6. The van der Waals surface area contributed by atoms with E-state index in [1.165, 1.54) is 0 Å². The number of carbonyl (C=O) groups is 1. The summed E-state index contributed by atoms with van der Waals surface area (Å²) >= 11 is 0. The quantitative estimate of drug-likeness (QED) is 0.634. The van der Waals surface area contributed by atoms with Crippen LogP contribution in [0.3, 0.4) is 0 Å². The molecule has 20 heavy (non-hydrogen) atoms. The average Bonchev–Trinajstić information content (AvgIpc) is 2.30. The molecule has 0 unspecified atom stereocenters. The molecule has 0 bridgehead atoms. The second kappa shape index (κ2) is 5.97. The molecule has 1 rings (SSSR count). The second-order valence-corrected chi connectivity index (χ2v) is 3.40. The number of ether oxygens (including phenoxy) is 2. The van der Waals surface area contributed by atoms with Crippen molar-refractivity contribution in [2.75, 3.05) is 7.11 Å². The van der Waals surface area contributed by atoms with Gasteiger partial charge in [-0.15, -0.1) is 13.2 Å². The van der Waals surface area contributed by atoms with E-state index in [2.05, 4.69) is 14.5 Å². The molecule has 1 aromatic rings. The van der Waals surface area contributed by atoms with Gasteiger partial charge in [0.05, 0.1) is 31.0 Å². The van der Waals surface area contributed by atoms with Gasteiger partial charge in [0.25, 0.3) is 6.43 Å². The topological polar surface area (TPSA) is 48.4 Å². The lowest BCUT2D eigenvalue weighted by atomic mass is 10.1. The standard InChI is InChI=1S/C10H7F6NO3/c1-19-6(18)2-5-8(20-10(14,15)16)7(9(12)13)4(11)3-17-5/h3,9H,2H2,1H3. The molecule has 4 nitrogen and oxygen atoms in total. The molecule has 1 aromatic heterocycles. The Kier molecular flexibility index (Phi) is 4.79. The van der Waals surface area contributed by atoms with Crippen molar-refractivity contribution in [3.63, 3.8) is 0 Å². The predicted octanol–water partition coefficient (Wildman–Crippen LogP) is 2.77. The molecule has 0 aliphatic rings. The van der Waals surface area contributed by atoms with Crippen LogP contribution in [0.15, 0.2) is 6.20 Å². The highest BCUT2D eigenvalue weighted by Crippen LogP contribution is 2.36. The Balaban J connectivity index is 3.36. The number of hydrogen-bond acceptors (Lipinski definition) is 4. The molecule has 0 aliphatic heterocycles. The van der Waals surface area contributed by atoms with Gasteiger partial charge < -0.3 is 9.47 Å². The van der Waals surface area contributed by atoms with Gasteiger partial charge in [0.1, 0.15) is 0 Å². The van der Waals surface area contributed by atoms with Crippen molar-refractivity contribution < 1.29 is 40.6 Å². The summed E-state index contributed by atoms with van der Waals surface area (Å²) in [7, 11) is 0.935. The summed E-state index contributed by atoms with van der Waals surface area (Å²) in [5.74, 6) is -4.25. The van der Waals surface area contributed by atoms with E-state index >= 15 is 0 Å². The molecule has 0 aliphatic carbocycles. The van der Waals surface area contributed by atoms with Crippen molar-refractivity contribution in [3.05, 3.63) is 23.3 Å². The van der Waals surface area contributed by atoms with Crippen LogP contribution in [0.1, 0.15) is 17.7 Å². The number of rotatable bonds is 4. The zero-order valence-electron chi connectivity index (χ0n) is 9.80. The zero-order chi connectivity index (χ0) is 15.5. The van der Waals surface area contributed by atoms with E-state index in [1.54, 1.807) is 0 Å². The fraction of sp³-hybridized carbons (Fsp3) is 0.400. The molecular weight excluding hydrogens is 296 g/mol. The Morgan fingerprint density at radius 3 is 2.45 bits per heavy atom. The van der Waals surface area contributed by atoms with E-state index < -0.39 is 48.0 Å². The van der Waals surface area contributed by atoms with Crippen LogP contribution in [-0.4, -0.2) is 24.4 Å². The molecular formula is C10H7F6NO3. The van der Waals surface area contributed by atoms with Crippen LogP contribution in [0.4, 0.5) is 26.3 Å². The van der Waals surface area contributed by atoms with Crippen LogP contribution >= 0.6 is 0 Å². The van der Waals surface area contributed by atoms with Crippen LogP contribution in [0.5, 0.6) is 5.75 Å². The summed E-state index contributed by atoms with van der Waals surface area (Å²) in [5, 5.41) is 0. The highest BCUT2D eigenvalue weighted by Gasteiger charge is 2.36. The van der Waals surface area contributed by atoms with Gasteiger partial charge in [-0.2, -0.15) is 0 Å². The first-order valence-electron chi connectivity index (χ1n) is 4.93. The van der Waals surface area contributed by atoms with Crippen molar-refractivity contribution in [1.82, 2.24) is 4.98 Å². The van der Waals surface area contributed by atoms with Gasteiger partial charge in [-0.3, -0.25) is 9.78 Å². The maximum Gasteiger partial charge on any atom is 0.573 e. The third kappa shape index (κ3) is 4.00. The van der Waals surface area contributed by atoms with Crippen LogP contribution < -0.4 is 4.74 Å². The minimum atomic E-state index is -5.34. The molecule has 0 spiro atoms. The number of aromatic nitrogens is 1. The zero-order valence-corrected chi connectivity index (χ0v) is 9.80. The molecule has 0 radical (unpaired) electrons. The van der Waals surface area contributed by atoms with E-state index in [-0.39, 0.29) is 6.20 Å². The summed E-state index contributed by atoms with van der Waals surface area (Å²) in [4.78, 5) is 14.1. The van der Waals surface area contributed by atoms with Crippen molar-refractivity contribution in [2.45, 2.75) is 19.2 Å². The predicted molar refractivity (Wildman–Crippen MR) is 51.6 cm³/mol. The first-order chi connectivity index (χ1) is 9.15. The van der Waals surface area contributed by atoms with E-state index in [9.17, 15) is 31.1 Å². The Hall–Kier alpha value is -2.00. The minimum Gasteiger partial charge on any atom is -0.469 e. The van der Waals surface area contributed by atoms with Crippen molar-refractivity contribution in [2.24, 2.45) is 0 Å². The van der Waals surface area contributed by atoms with Gasteiger partial charge >= 0.3 is 12.3 Å². The molecule has 0 N–H and O–H groups in total. The number of methoxy groups -OCH3 is 1. The Morgan fingerprint density at radius 2 is 2.00 bits per heavy atom. The van der Waals surface area contributed by atoms with Gasteiger partial charge in [-0.25, -0.2) is 13.2 Å². The molecule has 0 aromatic carbocycles. The van der Waals surface area contributed by atoms with Crippen LogP contribution in [0, 0.1) is 5.82 Å². The van der Waals surface area contributed by atoms with Gasteiger partial charge in [0, 0.05) is 0 Å². The third-order valence-corrected chi connectivity index (χ3v) is 2.07. The second-order valence-electron chi connectivity index (χ2n) is 3.40. The molecule has 10 heteroatoms. The Labute approximate surface area is 108 Å². The minimum absolute atomic E-state index is 0.281. The summed E-state index contributed by atoms with van der Waals surface area (Å²) in [6.45, 7) is 0. The normalized spacial score (nSPS) is 11.6. The highest BCUT2D eigenvalue weighted by molar-refractivity contribution is 5.73. The fourth-order valence-corrected chi connectivity index (χ4v) is 1.29. The lowest BCUT2D eigenvalue weighted by molar-refractivity contribution is -0.275. The number of carbonyl (C=O) groups excluding carboxylic acids is 1. The summed E-state index contributed by atoms with van der Waals surface area (Å²) in [5.41, 5.74) is -2.41. The van der Waals surface area contributed by atoms with Crippen molar-refractivity contribution >= 4 is 5.97 Å². The van der Waals surface area contributed by atoms with E-state index in [0.717, 1.165) is 7.11 Å². The average molecular weight is 303 g/mol. The number of esters is 1. The number of nitrogens with zero attached hydrogens (tertiary/aromatic N) is 1. The summed E-state index contributed by atoms with van der Waals surface area (Å²) < 4.78 is 82.5. The molecule has 0 saturated carbocycles. The number of pyridine rings is 1. The van der Waals surface area contributed by atoms with E-state index in [0.29, 0.717) is 0 Å². The van der Waals surface area contributed by atoms with Gasteiger partial charge in [0.2, 0.25) is 0 Å². The third-order valence-electron chi connectivity index (χ3n) is 2.07. The SMILES string of the molecule is COC(=O)Cc1ncc(F)c(C(F)F)c1OC(F)(F)F. The van der Waals surface area contributed by atoms with Crippen LogP contribution in [0.25, 0.3) is 0 Å². The highest BCUT2D eigenvalue weighted by atomic mass is 19.4. The van der Waals surface area contributed by atoms with Crippen LogP contribution in [-0.2, 0) is 16.0 Å². The first-order valence-corrected chi connectivity index (χ1v) is 4.93. The van der Waals surface area contributed by atoms with E-state index in [4.69, 9.17) is 0 Å². The molecule has 0 amide bonds. The fourth-order valence-electron chi connectivity index (χ4n) is 1.29. The molecule has 0 atom stereocenters. The Morgan fingerprint density at radius 1 is 1.40 bits per heavy atom. The van der Waals surface area contributed by atoms with Crippen LogP contribution in [0.2, 0.25) is 0 Å². The largest absolute Gasteiger partial charge is 0.573 e. The molecule has 112 valence electrons. The first kappa shape index (κ1) is 16.1. The monoisotopic (exact) mass is 303 g/mol. The van der Waals surface area contributed by atoms with Crippen molar-refractivity contribution in [3.8, 4) is 5.75 Å². The van der Waals surface area contributed by atoms with Gasteiger partial charge in [-0.05, 0) is 0 Å². The Bertz CT molecular complexity index is 503. The van der Waals surface area contributed by atoms with Crippen molar-refractivity contribution in [1.29, 1.82) is 0 Å². The van der Waals surface area contributed by atoms with Gasteiger partial charge in [0.15, 0.2) is 11.6 Å². The van der Waals surface area contributed by atoms with E-state index in [1.807, 2.05) is 0 Å². The maximum atomic E-state index is 13.2. The molecule has 1 heterocycles. The molecule has 0 fully saturated rings. The molecule has 0 saturated heterocycles. The maximum absolute atomic E-state index is 13.2. The number of alkyl halides is 5. The smallest absolute Gasteiger partial charge is 0.469 e. The lowest BCUT2D eigenvalue weighted by Crippen LogP contribution is -2.21.